The maximum Gasteiger partial charge on any atom is 0.255 e. The molecule has 5 heteroatoms. The number of carbonyl (C=O) groups excluding carboxylic acids is 2. The van der Waals surface area contributed by atoms with Gasteiger partial charge in [0.05, 0.1) is 11.7 Å². The summed E-state index contributed by atoms with van der Waals surface area (Å²) in [6.07, 6.45) is 0.852. The first-order valence-electron chi connectivity index (χ1n) is 11.4. The smallest absolute Gasteiger partial charge is 0.255 e. The number of amides is 2. The number of rotatable bonds is 6. The molecule has 1 aliphatic heterocycles. The Morgan fingerprint density at radius 3 is 2.42 bits per heavy atom. The van der Waals surface area contributed by atoms with Gasteiger partial charge in [0.1, 0.15) is 6.54 Å². The highest BCUT2D eigenvalue weighted by atomic mass is 16.2. The molecule has 33 heavy (non-hydrogen) atoms. The van der Waals surface area contributed by atoms with Crippen LogP contribution in [0.25, 0.3) is 22.2 Å². The van der Waals surface area contributed by atoms with Gasteiger partial charge in [-0.2, -0.15) is 0 Å². The summed E-state index contributed by atoms with van der Waals surface area (Å²) in [5.74, 6) is -0.237. The summed E-state index contributed by atoms with van der Waals surface area (Å²) in [4.78, 5) is 28.0. The predicted octanol–water partition coefficient (Wildman–Crippen LogP) is 4.92. The highest BCUT2D eigenvalue weighted by molar-refractivity contribution is 6.03. The summed E-state index contributed by atoms with van der Waals surface area (Å²) in [6, 6.07) is 25.9. The van der Waals surface area contributed by atoms with Crippen LogP contribution < -0.4 is 5.32 Å². The zero-order valence-corrected chi connectivity index (χ0v) is 18.9. The molecule has 2 heterocycles. The van der Waals surface area contributed by atoms with Gasteiger partial charge in [0.2, 0.25) is 5.91 Å². The molecule has 0 saturated carbocycles. The first-order chi connectivity index (χ1) is 16.1. The van der Waals surface area contributed by atoms with E-state index in [1.54, 1.807) is 4.90 Å². The lowest BCUT2D eigenvalue weighted by Gasteiger charge is -2.26. The van der Waals surface area contributed by atoms with Crippen molar-refractivity contribution in [1.82, 2.24) is 14.8 Å². The monoisotopic (exact) mass is 437 g/mol. The number of benzene rings is 3. The van der Waals surface area contributed by atoms with Crippen molar-refractivity contribution in [3.63, 3.8) is 0 Å². The van der Waals surface area contributed by atoms with Gasteiger partial charge in [0.25, 0.3) is 5.91 Å². The van der Waals surface area contributed by atoms with Crippen LogP contribution in [-0.4, -0.2) is 34.4 Å². The van der Waals surface area contributed by atoms with Crippen molar-refractivity contribution in [1.29, 1.82) is 0 Å². The Bertz CT molecular complexity index is 1340. The van der Waals surface area contributed by atoms with Crippen molar-refractivity contribution in [3.8, 4) is 11.3 Å². The van der Waals surface area contributed by atoms with Gasteiger partial charge in [0.15, 0.2) is 0 Å². The molecule has 0 saturated heterocycles. The number of nitrogens with zero attached hydrogens (tertiary/aromatic N) is 2. The van der Waals surface area contributed by atoms with Crippen molar-refractivity contribution < 1.29 is 9.59 Å². The number of carbonyl (C=O) groups is 2. The van der Waals surface area contributed by atoms with E-state index in [9.17, 15) is 9.59 Å². The van der Waals surface area contributed by atoms with E-state index in [-0.39, 0.29) is 24.4 Å². The van der Waals surface area contributed by atoms with Crippen LogP contribution in [0.3, 0.4) is 0 Å². The second-order valence-corrected chi connectivity index (χ2v) is 8.48. The normalized spacial score (nSPS) is 15.2. The van der Waals surface area contributed by atoms with E-state index in [2.05, 4.69) is 41.2 Å². The molecule has 1 aliphatic rings. The van der Waals surface area contributed by atoms with Crippen LogP contribution in [0.5, 0.6) is 0 Å². The molecule has 1 aromatic heterocycles. The molecule has 0 radical (unpaired) electrons. The summed E-state index contributed by atoms with van der Waals surface area (Å²) < 4.78 is 2.20. The third-order valence-electron chi connectivity index (χ3n) is 6.41. The Balaban J connectivity index is 1.75. The summed E-state index contributed by atoms with van der Waals surface area (Å²) in [5, 5.41) is 4.02. The molecule has 3 aromatic carbocycles. The molecule has 2 amide bonds. The van der Waals surface area contributed by atoms with Gasteiger partial charge in [0, 0.05) is 35.6 Å². The van der Waals surface area contributed by atoms with Crippen LogP contribution in [0.4, 0.5) is 0 Å². The van der Waals surface area contributed by atoms with Crippen molar-refractivity contribution >= 4 is 22.7 Å². The molecule has 1 atom stereocenters. The first kappa shape index (κ1) is 21.0. The Kier molecular flexibility index (Phi) is 5.47. The summed E-state index contributed by atoms with van der Waals surface area (Å²) in [5.41, 5.74) is 5.90. The van der Waals surface area contributed by atoms with Gasteiger partial charge in [-0.3, -0.25) is 9.59 Å². The van der Waals surface area contributed by atoms with E-state index in [4.69, 9.17) is 0 Å². The van der Waals surface area contributed by atoms with Crippen LogP contribution in [0.1, 0.15) is 40.9 Å². The molecule has 0 fully saturated rings. The average molecular weight is 438 g/mol. The van der Waals surface area contributed by atoms with Gasteiger partial charge < -0.3 is 14.8 Å². The molecule has 166 valence electrons. The van der Waals surface area contributed by atoms with Crippen molar-refractivity contribution in [3.05, 3.63) is 95.6 Å². The van der Waals surface area contributed by atoms with E-state index >= 15 is 0 Å². The minimum Gasteiger partial charge on any atom is -0.355 e. The SMILES string of the molecule is CCCNC(=O)CN1C(=O)c2ccccc2[C@@H]1c1c(-c2ccccc2)n(C)c2ccccc12. The number of aromatic nitrogens is 1. The first-order valence-corrected chi connectivity index (χ1v) is 11.4. The Labute approximate surface area is 193 Å². The molecule has 0 bridgehead atoms. The lowest BCUT2D eigenvalue weighted by molar-refractivity contribution is -0.122. The minimum absolute atomic E-state index is 0.0234. The van der Waals surface area contributed by atoms with Gasteiger partial charge >= 0.3 is 0 Å². The van der Waals surface area contributed by atoms with Crippen LogP contribution in [-0.2, 0) is 11.8 Å². The van der Waals surface area contributed by atoms with Crippen LogP contribution >= 0.6 is 0 Å². The number of hydrogen-bond donors (Lipinski definition) is 1. The predicted molar refractivity (Wildman–Crippen MR) is 131 cm³/mol. The Hall–Kier alpha value is -3.86. The maximum atomic E-state index is 13.5. The molecule has 0 aliphatic carbocycles. The van der Waals surface area contributed by atoms with Crippen molar-refractivity contribution in [2.45, 2.75) is 19.4 Å². The minimum atomic E-state index is -0.345. The van der Waals surface area contributed by atoms with Gasteiger partial charge in [-0.1, -0.05) is 73.7 Å². The lowest BCUT2D eigenvalue weighted by atomic mass is 9.93. The lowest BCUT2D eigenvalue weighted by Crippen LogP contribution is -2.39. The summed E-state index contributed by atoms with van der Waals surface area (Å²) >= 11 is 0. The second kappa shape index (κ2) is 8.58. The number of fused-ring (bicyclic) bond motifs is 2. The second-order valence-electron chi connectivity index (χ2n) is 8.48. The maximum absolute atomic E-state index is 13.5. The number of para-hydroxylation sites is 1. The van der Waals surface area contributed by atoms with Crippen molar-refractivity contribution in [2.24, 2.45) is 7.05 Å². The third kappa shape index (κ3) is 3.50. The molecule has 1 N–H and O–H groups in total. The summed E-state index contributed by atoms with van der Waals surface area (Å²) in [6.45, 7) is 2.64. The van der Waals surface area contributed by atoms with E-state index < -0.39 is 0 Å². The molecule has 5 nitrogen and oxygen atoms in total. The fraction of sp³-hybridized carbons (Fsp3) is 0.214. The topological polar surface area (TPSA) is 54.3 Å². The van der Waals surface area contributed by atoms with Crippen molar-refractivity contribution in [2.75, 3.05) is 13.1 Å². The highest BCUT2D eigenvalue weighted by Gasteiger charge is 2.41. The zero-order valence-electron chi connectivity index (χ0n) is 18.9. The fourth-order valence-electron chi connectivity index (χ4n) is 4.96. The van der Waals surface area contributed by atoms with Gasteiger partial charge in [-0.05, 0) is 29.7 Å². The molecule has 0 spiro atoms. The van der Waals surface area contributed by atoms with Crippen LogP contribution in [0.15, 0.2) is 78.9 Å². The van der Waals surface area contributed by atoms with Gasteiger partial charge in [-0.15, -0.1) is 0 Å². The van der Waals surface area contributed by atoms with E-state index in [1.807, 2.05) is 61.5 Å². The average Bonchev–Trinajstić information content (AvgIpc) is 3.29. The molecular weight excluding hydrogens is 410 g/mol. The Morgan fingerprint density at radius 1 is 0.939 bits per heavy atom. The van der Waals surface area contributed by atoms with Gasteiger partial charge in [-0.25, -0.2) is 0 Å². The third-order valence-corrected chi connectivity index (χ3v) is 6.41. The largest absolute Gasteiger partial charge is 0.355 e. The molecule has 4 aromatic rings. The van der Waals surface area contributed by atoms with Crippen LogP contribution in [0, 0.1) is 0 Å². The van der Waals surface area contributed by atoms with E-state index in [1.165, 1.54) is 0 Å². The number of aryl methyl sites for hydroxylation is 1. The molecular formula is C28H27N3O2. The highest BCUT2D eigenvalue weighted by Crippen LogP contribution is 2.46. The number of nitrogens with one attached hydrogen (secondary N) is 1. The standard InChI is InChI=1S/C28H27N3O2/c1-3-17-29-24(32)18-31-27(20-13-7-8-14-21(20)28(31)33)25-22-15-9-10-16-23(22)30(2)26(25)19-11-5-4-6-12-19/h4-16,27H,3,17-18H2,1-2H3,(H,29,32)/t27-/m1/s1. The Morgan fingerprint density at radius 2 is 1.64 bits per heavy atom. The van der Waals surface area contributed by atoms with E-state index in [0.29, 0.717) is 12.1 Å². The fourth-order valence-corrected chi connectivity index (χ4v) is 4.96. The summed E-state index contributed by atoms with van der Waals surface area (Å²) in [7, 11) is 2.06. The number of hydrogen-bond acceptors (Lipinski definition) is 2. The molecule has 0 unspecified atom stereocenters. The van der Waals surface area contributed by atoms with E-state index in [0.717, 1.165) is 39.7 Å². The van der Waals surface area contributed by atoms with Crippen LogP contribution in [0.2, 0.25) is 0 Å². The molecule has 5 rings (SSSR count). The zero-order chi connectivity index (χ0) is 22.9. The quantitative estimate of drug-likeness (QED) is 0.466.